The summed E-state index contributed by atoms with van der Waals surface area (Å²) in [6.45, 7) is 4.02. The van der Waals surface area contributed by atoms with Gasteiger partial charge >= 0.3 is 0 Å². The number of thiophene rings is 1. The zero-order valence-electron chi connectivity index (χ0n) is 11.5. The molecule has 0 saturated heterocycles. The van der Waals surface area contributed by atoms with E-state index in [-0.39, 0.29) is 5.91 Å². The lowest BCUT2D eigenvalue weighted by molar-refractivity contribution is -0.123. The average Bonchev–Trinajstić information content (AvgIpc) is 3.10. The minimum atomic E-state index is 0.0481. The first kappa shape index (κ1) is 13.4. The monoisotopic (exact) mass is 290 g/mol. The molecule has 0 aromatic carbocycles. The fourth-order valence-corrected chi connectivity index (χ4v) is 3.58. The normalized spacial score (nSPS) is 18.8. The summed E-state index contributed by atoms with van der Waals surface area (Å²) in [7, 11) is 0. The molecule has 1 aliphatic heterocycles. The van der Waals surface area contributed by atoms with Gasteiger partial charge in [-0.15, -0.1) is 11.3 Å². The zero-order valence-corrected chi connectivity index (χ0v) is 12.3. The second-order valence-electron chi connectivity index (χ2n) is 5.05. The Labute approximate surface area is 122 Å². The molecule has 0 bridgehead atoms. The summed E-state index contributed by atoms with van der Waals surface area (Å²) in [4.78, 5) is 15.7. The minimum absolute atomic E-state index is 0.0481. The van der Waals surface area contributed by atoms with Gasteiger partial charge in [-0.1, -0.05) is 0 Å². The number of carbonyl (C=O) groups excluding carboxylic acids is 1. The molecular formula is C15H18N2O2S. The van der Waals surface area contributed by atoms with Crippen LogP contribution in [0.4, 0.5) is 0 Å². The molecule has 0 spiro atoms. The number of fused-ring (bicyclic) bond motifs is 1. The van der Waals surface area contributed by atoms with Crippen LogP contribution >= 0.6 is 11.3 Å². The maximum Gasteiger partial charge on any atom is 0.234 e. The number of carbonyl (C=O) groups is 1. The molecular weight excluding hydrogens is 272 g/mol. The first-order valence-corrected chi connectivity index (χ1v) is 7.71. The second kappa shape index (κ2) is 5.81. The molecule has 1 amide bonds. The highest BCUT2D eigenvalue weighted by molar-refractivity contribution is 7.10. The molecule has 1 atom stereocenters. The van der Waals surface area contributed by atoms with Crippen LogP contribution in [0.1, 0.15) is 29.2 Å². The van der Waals surface area contributed by atoms with Crippen molar-refractivity contribution < 1.29 is 9.21 Å². The van der Waals surface area contributed by atoms with Crippen molar-refractivity contribution in [2.45, 2.75) is 25.9 Å². The second-order valence-corrected chi connectivity index (χ2v) is 6.05. The van der Waals surface area contributed by atoms with Crippen LogP contribution in [0.25, 0.3) is 0 Å². The van der Waals surface area contributed by atoms with Crippen molar-refractivity contribution in [3.63, 3.8) is 0 Å². The fourth-order valence-electron chi connectivity index (χ4n) is 2.62. The molecule has 5 heteroatoms. The number of hydrogen-bond donors (Lipinski definition) is 1. The predicted molar refractivity (Wildman–Crippen MR) is 78.6 cm³/mol. The number of amides is 1. The lowest BCUT2D eigenvalue weighted by atomic mass is 10.0. The Bertz CT molecular complexity index is 576. The van der Waals surface area contributed by atoms with E-state index in [0.717, 1.165) is 18.7 Å². The Morgan fingerprint density at radius 2 is 2.45 bits per heavy atom. The highest BCUT2D eigenvalue weighted by atomic mass is 32.1. The SMILES string of the molecule is C[C@@H]1c2ccsc2CCN1CC(=O)NCc1ccco1. The molecule has 3 rings (SSSR count). The largest absolute Gasteiger partial charge is 0.467 e. The van der Waals surface area contributed by atoms with E-state index in [1.165, 1.54) is 10.4 Å². The molecule has 4 nitrogen and oxygen atoms in total. The van der Waals surface area contributed by atoms with Crippen LogP contribution in [0, 0.1) is 0 Å². The molecule has 0 unspecified atom stereocenters. The van der Waals surface area contributed by atoms with Gasteiger partial charge < -0.3 is 9.73 Å². The third-order valence-corrected chi connectivity index (χ3v) is 4.79. The standard InChI is InChI=1S/C15H18N2O2S/c1-11-13-5-8-20-14(13)4-6-17(11)10-15(18)16-9-12-3-2-7-19-12/h2-3,5,7-8,11H,4,6,9-10H2,1H3,(H,16,18)/t11-/m1/s1. The predicted octanol–water partition coefficient (Wildman–Crippen LogP) is 2.58. The van der Waals surface area contributed by atoms with Gasteiger partial charge in [0, 0.05) is 17.5 Å². The van der Waals surface area contributed by atoms with Crippen LogP contribution < -0.4 is 5.32 Å². The third kappa shape index (κ3) is 2.78. The Kier molecular flexibility index (Phi) is 3.89. The van der Waals surface area contributed by atoms with Crippen molar-refractivity contribution in [2.75, 3.05) is 13.1 Å². The summed E-state index contributed by atoms with van der Waals surface area (Å²) < 4.78 is 5.20. The van der Waals surface area contributed by atoms with E-state index in [9.17, 15) is 4.79 Å². The van der Waals surface area contributed by atoms with E-state index >= 15 is 0 Å². The maximum absolute atomic E-state index is 12.0. The van der Waals surface area contributed by atoms with Crippen molar-refractivity contribution in [1.29, 1.82) is 0 Å². The summed E-state index contributed by atoms with van der Waals surface area (Å²) in [6, 6.07) is 6.19. The van der Waals surface area contributed by atoms with Crippen molar-refractivity contribution in [3.8, 4) is 0 Å². The highest BCUT2D eigenvalue weighted by Crippen LogP contribution is 2.32. The number of nitrogens with zero attached hydrogens (tertiary/aromatic N) is 1. The molecule has 0 radical (unpaired) electrons. The smallest absolute Gasteiger partial charge is 0.234 e. The van der Waals surface area contributed by atoms with E-state index in [1.54, 1.807) is 6.26 Å². The summed E-state index contributed by atoms with van der Waals surface area (Å²) in [5, 5.41) is 5.04. The molecule has 106 valence electrons. The Morgan fingerprint density at radius 1 is 1.55 bits per heavy atom. The quantitative estimate of drug-likeness (QED) is 0.941. The molecule has 1 N–H and O–H groups in total. The third-order valence-electron chi connectivity index (χ3n) is 3.79. The minimum Gasteiger partial charge on any atom is -0.467 e. The van der Waals surface area contributed by atoms with Crippen LogP contribution in [0.15, 0.2) is 34.3 Å². The van der Waals surface area contributed by atoms with Gasteiger partial charge in [-0.05, 0) is 42.5 Å². The fraction of sp³-hybridized carbons (Fsp3) is 0.400. The van der Waals surface area contributed by atoms with E-state index in [2.05, 4.69) is 28.6 Å². The molecule has 2 aromatic heterocycles. The highest BCUT2D eigenvalue weighted by Gasteiger charge is 2.25. The van der Waals surface area contributed by atoms with Gasteiger partial charge in [0.2, 0.25) is 5.91 Å². The lowest BCUT2D eigenvalue weighted by Gasteiger charge is -2.32. The topological polar surface area (TPSA) is 45.5 Å². The Balaban J connectivity index is 1.54. The number of furan rings is 1. The van der Waals surface area contributed by atoms with Crippen molar-refractivity contribution in [1.82, 2.24) is 10.2 Å². The van der Waals surface area contributed by atoms with Gasteiger partial charge in [-0.3, -0.25) is 9.69 Å². The molecule has 0 fully saturated rings. The maximum atomic E-state index is 12.0. The van der Waals surface area contributed by atoms with Crippen LogP contribution in [0.3, 0.4) is 0 Å². The van der Waals surface area contributed by atoms with Gasteiger partial charge in [0.05, 0.1) is 19.4 Å². The summed E-state index contributed by atoms with van der Waals surface area (Å²) in [6.07, 6.45) is 2.66. The first-order valence-electron chi connectivity index (χ1n) is 6.83. The summed E-state index contributed by atoms with van der Waals surface area (Å²) in [5.41, 5.74) is 1.38. The van der Waals surface area contributed by atoms with Crippen LogP contribution in [-0.2, 0) is 17.8 Å². The average molecular weight is 290 g/mol. The van der Waals surface area contributed by atoms with Gasteiger partial charge in [0.15, 0.2) is 0 Å². The lowest BCUT2D eigenvalue weighted by Crippen LogP contribution is -2.41. The Hall–Kier alpha value is -1.59. The van der Waals surface area contributed by atoms with E-state index in [0.29, 0.717) is 19.1 Å². The molecule has 0 aliphatic carbocycles. The Morgan fingerprint density at radius 3 is 3.25 bits per heavy atom. The molecule has 2 aromatic rings. The van der Waals surface area contributed by atoms with Gasteiger partial charge in [0.1, 0.15) is 5.76 Å². The van der Waals surface area contributed by atoms with Crippen molar-refractivity contribution in [2.24, 2.45) is 0 Å². The van der Waals surface area contributed by atoms with Gasteiger partial charge in [0.25, 0.3) is 0 Å². The molecule has 1 aliphatic rings. The number of nitrogens with one attached hydrogen (secondary N) is 1. The van der Waals surface area contributed by atoms with Crippen LogP contribution in [0.5, 0.6) is 0 Å². The first-order chi connectivity index (χ1) is 9.74. The van der Waals surface area contributed by atoms with E-state index < -0.39 is 0 Å². The number of rotatable bonds is 4. The summed E-state index contributed by atoms with van der Waals surface area (Å²) >= 11 is 1.82. The van der Waals surface area contributed by atoms with Gasteiger partial charge in [-0.2, -0.15) is 0 Å². The van der Waals surface area contributed by atoms with E-state index in [1.807, 2.05) is 23.5 Å². The van der Waals surface area contributed by atoms with Crippen molar-refractivity contribution in [3.05, 3.63) is 46.0 Å². The van der Waals surface area contributed by atoms with Gasteiger partial charge in [-0.25, -0.2) is 0 Å². The van der Waals surface area contributed by atoms with Crippen molar-refractivity contribution >= 4 is 17.2 Å². The molecule has 20 heavy (non-hydrogen) atoms. The summed E-state index contributed by atoms with van der Waals surface area (Å²) in [5.74, 6) is 0.831. The zero-order chi connectivity index (χ0) is 13.9. The van der Waals surface area contributed by atoms with Crippen LogP contribution in [-0.4, -0.2) is 23.9 Å². The van der Waals surface area contributed by atoms with E-state index in [4.69, 9.17) is 4.42 Å². The molecule has 0 saturated carbocycles. The van der Waals surface area contributed by atoms with Crippen LogP contribution in [0.2, 0.25) is 0 Å². The number of hydrogen-bond acceptors (Lipinski definition) is 4. The molecule has 3 heterocycles.